The highest BCUT2D eigenvalue weighted by Crippen LogP contribution is 2.46. The maximum absolute atomic E-state index is 12.1. The van der Waals surface area contributed by atoms with Crippen LogP contribution in [-0.2, 0) is 9.59 Å². The lowest BCUT2D eigenvalue weighted by Crippen LogP contribution is -2.51. The molecule has 8 heteroatoms. The molecular weight excluding hydrogens is 298 g/mol. The number of carbonyl (C=O) groups is 2. The molecule has 0 saturated carbocycles. The zero-order valence-corrected chi connectivity index (χ0v) is 11.9. The number of carbonyl (C=O) groups excluding carboxylic acids is 1. The van der Waals surface area contributed by atoms with Crippen LogP contribution in [0.5, 0.6) is 0 Å². The first-order valence-corrected chi connectivity index (χ1v) is 8.08. The van der Waals surface area contributed by atoms with Gasteiger partial charge in [0, 0.05) is 12.0 Å². The molecule has 0 aromatic heterocycles. The van der Waals surface area contributed by atoms with E-state index < -0.39 is 5.97 Å². The van der Waals surface area contributed by atoms with Crippen molar-refractivity contribution >= 4 is 35.4 Å². The normalized spacial score (nSPS) is 33.0. The van der Waals surface area contributed by atoms with Gasteiger partial charge in [-0.1, -0.05) is 0 Å². The zero-order chi connectivity index (χ0) is 13.9. The molecule has 2 saturated heterocycles. The lowest BCUT2D eigenvalue weighted by molar-refractivity contribution is -0.141. The van der Waals surface area contributed by atoms with E-state index in [2.05, 4.69) is 10.4 Å². The first-order chi connectivity index (χ1) is 9.66. The Bertz CT molecular complexity index is 613. The van der Waals surface area contributed by atoms with Crippen molar-refractivity contribution in [3.63, 3.8) is 0 Å². The summed E-state index contributed by atoms with van der Waals surface area (Å²) in [6.45, 7) is 0.946. The predicted molar refractivity (Wildman–Crippen MR) is 75.9 cm³/mol. The predicted octanol–water partition coefficient (Wildman–Crippen LogP) is 0.878. The van der Waals surface area contributed by atoms with E-state index in [1.807, 2.05) is 11.5 Å². The Labute approximate surface area is 123 Å². The Morgan fingerprint density at radius 3 is 3.10 bits per heavy atom. The van der Waals surface area contributed by atoms with Crippen molar-refractivity contribution < 1.29 is 14.7 Å². The van der Waals surface area contributed by atoms with Crippen molar-refractivity contribution in [3.8, 4) is 0 Å². The van der Waals surface area contributed by atoms with Gasteiger partial charge in [0.05, 0.1) is 16.6 Å². The van der Waals surface area contributed by atoms with Crippen molar-refractivity contribution in [1.29, 1.82) is 0 Å². The molecule has 20 heavy (non-hydrogen) atoms. The number of hydrogen-bond donors (Lipinski definition) is 2. The van der Waals surface area contributed by atoms with E-state index in [0.717, 1.165) is 18.7 Å². The van der Waals surface area contributed by atoms with Gasteiger partial charge in [-0.05, 0) is 17.9 Å². The van der Waals surface area contributed by atoms with E-state index in [9.17, 15) is 9.59 Å². The summed E-state index contributed by atoms with van der Waals surface area (Å²) in [5, 5.41) is 14.9. The van der Waals surface area contributed by atoms with Gasteiger partial charge in [0.25, 0.3) is 5.91 Å². The van der Waals surface area contributed by atoms with Gasteiger partial charge in [0.2, 0.25) is 0 Å². The fourth-order valence-electron chi connectivity index (χ4n) is 2.66. The molecule has 4 rings (SSSR count). The number of allylic oxidation sites excluding steroid dienone is 1. The maximum atomic E-state index is 12.1. The van der Waals surface area contributed by atoms with Crippen molar-refractivity contribution in [2.45, 2.75) is 17.2 Å². The summed E-state index contributed by atoms with van der Waals surface area (Å²) in [4.78, 5) is 24.5. The quantitative estimate of drug-likeness (QED) is 0.579. The Hall–Kier alpha value is -1.38. The van der Waals surface area contributed by atoms with Gasteiger partial charge in [-0.25, -0.2) is 10.2 Å². The lowest BCUT2D eigenvalue weighted by atomic mass is 10.0. The summed E-state index contributed by atoms with van der Waals surface area (Å²) in [6.07, 6.45) is 2.96. The molecule has 1 amide bonds. The first-order valence-electron chi connectivity index (χ1n) is 6.19. The van der Waals surface area contributed by atoms with Crippen molar-refractivity contribution in [1.82, 2.24) is 15.3 Å². The van der Waals surface area contributed by atoms with Crippen LogP contribution in [0.25, 0.3) is 0 Å². The van der Waals surface area contributed by atoms with Gasteiger partial charge in [-0.3, -0.25) is 14.7 Å². The summed E-state index contributed by atoms with van der Waals surface area (Å²) < 4.78 is 0. The highest BCUT2D eigenvalue weighted by atomic mass is 32.2. The van der Waals surface area contributed by atoms with Crippen LogP contribution >= 0.6 is 23.5 Å². The second kappa shape index (κ2) is 4.31. The van der Waals surface area contributed by atoms with E-state index in [-0.39, 0.29) is 17.0 Å². The fraction of sp³-hybridized carbons (Fsp3) is 0.333. The molecule has 4 aliphatic heterocycles. The van der Waals surface area contributed by atoms with Crippen LogP contribution < -0.4 is 5.43 Å². The number of amides is 1. The minimum absolute atomic E-state index is 0.0779. The van der Waals surface area contributed by atoms with E-state index in [0.29, 0.717) is 10.9 Å². The molecule has 2 atom stereocenters. The number of β-lactam (4-membered cyclic amide) rings is 1. The van der Waals surface area contributed by atoms with Crippen molar-refractivity contribution in [2.24, 2.45) is 0 Å². The van der Waals surface area contributed by atoms with Crippen LogP contribution in [0.1, 0.15) is 6.42 Å². The van der Waals surface area contributed by atoms with Crippen LogP contribution in [0.15, 0.2) is 33.9 Å². The molecule has 0 spiro atoms. The smallest absolute Gasteiger partial charge is 0.353 e. The summed E-state index contributed by atoms with van der Waals surface area (Å²) in [5.41, 5.74) is 5.02. The average Bonchev–Trinajstić information content (AvgIpc) is 3.09. The number of carboxylic acids is 1. The standard InChI is InChI=1S/C12H11N3O3S2/c16-10-7(11-14(10)8(5-20-11)12(17)18)3-6-4-19-9-1-2-13-15(6)9/h3-5,9,11,13H,1-2H2,(H,17,18)/t9?,11-/m1/s1. The number of aliphatic carboxylic acids is 1. The molecule has 4 heterocycles. The van der Waals surface area contributed by atoms with Crippen molar-refractivity contribution in [3.05, 3.63) is 33.9 Å². The van der Waals surface area contributed by atoms with Gasteiger partial charge < -0.3 is 5.11 Å². The number of nitrogens with one attached hydrogen (secondary N) is 1. The number of hydrogen-bond acceptors (Lipinski definition) is 6. The van der Waals surface area contributed by atoms with Gasteiger partial charge in [0.1, 0.15) is 11.1 Å². The topological polar surface area (TPSA) is 72.9 Å². The largest absolute Gasteiger partial charge is 0.477 e. The Morgan fingerprint density at radius 2 is 2.30 bits per heavy atom. The van der Waals surface area contributed by atoms with Crippen LogP contribution in [0.2, 0.25) is 0 Å². The molecule has 4 aliphatic rings. The molecule has 0 bridgehead atoms. The van der Waals surface area contributed by atoms with Gasteiger partial charge in [0.15, 0.2) is 0 Å². The minimum Gasteiger partial charge on any atom is -0.477 e. The summed E-state index contributed by atoms with van der Waals surface area (Å²) >= 11 is 3.12. The molecule has 0 radical (unpaired) electrons. The number of carboxylic acid groups (broad SMARTS) is 1. The van der Waals surface area contributed by atoms with Crippen LogP contribution in [0, 0.1) is 0 Å². The van der Waals surface area contributed by atoms with Gasteiger partial charge in [-0.15, -0.1) is 23.5 Å². The van der Waals surface area contributed by atoms with Crippen LogP contribution in [0.3, 0.4) is 0 Å². The molecule has 0 aromatic rings. The van der Waals surface area contributed by atoms with E-state index in [1.54, 1.807) is 17.2 Å². The van der Waals surface area contributed by atoms with Gasteiger partial charge >= 0.3 is 5.97 Å². The van der Waals surface area contributed by atoms with Crippen LogP contribution in [-0.4, -0.2) is 44.2 Å². The lowest BCUT2D eigenvalue weighted by Gasteiger charge is -2.37. The third-order valence-corrected chi connectivity index (χ3v) is 5.86. The Balaban J connectivity index is 1.56. The third kappa shape index (κ3) is 1.58. The summed E-state index contributed by atoms with van der Waals surface area (Å²) in [5.74, 6) is -1.26. The third-order valence-electron chi connectivity index (χ3n) is 3.64. The number of hydrazine groups is 1. The maximum Gasteiger partial charge on any atom is 0.353 e. The molecule has 6 nitrogen and oxygen atoms in total. The summed E-state index contributed by atoms with van der Waals surface area (Å²) in [7, 11) is 0. The van der Waals surface area contributed by atoms with E-state index in [1.165, 1.54) is 16.7 Å². The van der Waals surface area contributed by atoms with Crippen molar-refractivity contribution in [2.75, 3.05) is 6.54 Å². The highest BCUT2D eigenvalue weighted by Gasteiger charge is 2.50. The monoisotopic (exact) mass is 309 g/mol. The molecule has 2 fully saturated rings. The second-order valence-corrected chi connectivity index (χ2v) is 6.78. The average molecular weight is 309 g/mol. The summed E-state index contributed by atoms with van der Waals surface area (Å²) in [6, 6.07) is 0. The Morgan fingerprint density at radius 1 is 1.45 bits per heavy atom. The molecule has 104 valence electrons. The molecule has 0 aromatic carbocycles. The SMILES string of the molecule is O=C(O)C1=CS[C@@H]2C(=CC3=CSC4CCNN34)C(=O)N12. The van der Waals surface area contributed by atoms with Gasteiger partial charge in [-0.2, -0.15) is 0 Å². The number of nitrogens with zero attached hydrogens (tertiary/aromatic N) is 2. The molecule has 1 unspecified atom stereocenters. The zero-order valence-electron chi connectivity index (χ0n) is 10.3. The van der Waals surface area contributed by atoms with Crippen LogP contribution in [0.4, 0.5) is 0 Å². The highest BCUT2D eigenvalue weighted by molar-refractivity contribution is 8.03. The fourth-order valence-corrected chi connectivity index (χ4v) is 4.83. The molecule has 0 aliphatic carbocycles. The second-order valence-electron chi connectivity index (χ2n) is 4.77. The Kier molecular flexibility index (Phi) is 2.66. The minimum atomic E-state index is -1.05. The number of rotatable bonds is 2. The molecular formula is C12H11N3O3S2. The first kappa shape index (κ1) is 12.4. The number of thioether (sulfide) groups is 2. The van der Waals surface area contributed by atoms with E-state index in [4.69, 9.17) is 5.11 Å². The van der Waals surface area contributed by atoms with E-state index >= 15 is 0 Å². The molecule has 2 N–H and O–H groups in total. The number of fused-ring (bicyclic) bond motifs is 2.